The average molecular weight is 374 g/mol. The number of ether oxygens (including phenoxy) is 2. The molecule has 1 saturated carbocycles. The first kappa shape index (κ1) is 17.2. The van der Waals surface area contributed by atoms with Gasteiger partial charge in [0.1, 0.15) is 19.0 Å². The van der Waals surface area contributed by atoms with Crippen molar-refractivity contribution in [2.24, 2.45) is 0 Å². The summed E-state index contributed by atoms with van der Waals surface area (Å²) >= 11 is 1.44. The molecule has 1 N–H and O–H groups in total. The number of nitrogens with zero attached hydrogens (tertiary/aromatic N) is 3. The summed E-state index contributed by atoms with van der Waals surface area (Å²) in [5.41, 5.74) is 0.990. The molecule has 0 radical (unpaired) electrons. The van der Waals surface area contributed by atoms with Gasteiger partial charge in [-0.3, -0.25) is 4.79 Å². The molecule has 138 valence electrons. The van der Waals surface area contributed by atoms with Crippen molar-refractivity contribution in [3.63, 3.8) is 0 Å². The molecule has 1 aliphatic carbocycles. The van der Waals surface area contributed by atoms with Crippen LogP contribution >= 0.6 is 11.8 Å². The number of amides is 1. The number of carbonyl (C=O) groups excluding carboxylic acids is 1. The van der Waals surface area contributed by atoms with Crippen LogP contribution in [0, 0.1) is 6.92 Å². The molecule has 7 nitrogen and oxygen atoms in total. The number of hydrogen-bond acceptors (Lipinski definition) is 6. The maximum Gasteiger partial charge on any atom is 0.230 e. The Bertz CT molecular complexity index is 819. The standard InChI is InChI=1S/C18H22N4O3S/c1-11(13-3-6-15-16(9-13)25-8-7-24-15)19-17(23)10-26-18-21-20-12(2)22(18)14-4-5-14/h3,6,9,11,14H,4-5,7-8,10H2,1-2H3,(H,19,23). The van der Waals surface area contributed by atoms with Gasteiger partial charge in [0.2, 0.25) is 5.91 Å². The van der Waals surface area contributed by atoms with Crippen LogP contribution in [0.2, 0.25) is 0 Å². The molecule has 1 atom stereocenters. The van der Waals surface area contributed by atoms with Crippen LogP contribution in [-0.4, -0.2) is 39.6 Å². The highest BCUT2D eigenvalue weighted by atomic mass is 32.2. The Morgan fingerprint density at radius 2 is 2.08 bits per heavy atom. The van der Waals surface area contributed by atoms with E-state index in [4.69, 9.17) is 9.47 Å². The van der Waals surface area contributed by atoms with E-state index < -0.39 is 0 Å². The van der Waals surface area contributed by atoms with Gasteiger partial charge < -0.3 is 19.4 Å². The number of hydrogen-bond donors (Lipinski definition) is 1. The number of thioether (sulfide) groups is 1. The molecule has 1 aromatic heterocycles. The molecule has 4 rings (SSSR count). The van der Waals surface area contributed by atoms with Crippen molar-refractivity contribution < 1.29 is 14.3 Å². The van der Waals surface area contributed by atoms with Gasteiger partial charge in [-0.05, 0) is 44.4 Å². The van der Waals surface area contributed by atoms with Gasteiger partial charge in [-0.25, -0.2) is 0 Å². The largest absolute Gasteiger partial charge is 0.486 e. The van der Waals surface area contributed by atoms with Crippen LogP contribution in [0.25, 0.3) is 0 Å². The third kappa shape index (κ3) is 3.65. The maximum atomic E-state index is 12.3. The van der Waals surface area contributed by atoms with E-state index in [-0.39, 0.29) is 11.9 Å². The summed E-state index contributed by atoms with van der Waals surface area (Å²) in [5.74, 6) is 2.70. The lowest BCUT2D eigenvalue weighted by Gasteiger charge is -2.21. The van der Waals surface area contributed by atoms with Gasteiger partial charge in [-0.1, -0.05) is 17.8 Å². The molecule has 26 heavy (non-hydrogen) atoms. The van der Waals surface area contributed by atoms with Gasteiger partial charge in [-0.15, -0.1) is 10.2 Å². The first-order chi connectivity index (χ1) is 12.6. The van der Waals surface area contributed by atoms with Crippen LogP contribution in [-0.2, 0) is 4.79 Å². The van der Waals surface area contributed by atoms with Gasteiger partial charge in [0.25, 0.3) is 0 Å². The number of carbonyl (C=O) groups is 1. The number of aryl methyl sites for hydroxylation is 1. The number of rotatable bonds is 6. The molecule has 1 aromatic carbocycles. The van der Waals surface area contributed by atoms with E-state index in [2.05, 4.69) is 20.1 Å². The molecule has 8 heteroatoms. The zero-order valence-electron chi connectivity index (χ0n) is 14.9. The summed E-state index contributed by atoms with van der Waals surface area (Å²) in [6.07, 6.45) is 2.33. The van der Waals surface area contributed by atoms with Crippen LogP contribution < -0.4 is 14.8 Å². The Balaban J connectivity index is 1.34. The van der Waals surface area contributed by atoms with Gasteiger partial charge >= 0.3 is 0 Å². The summed E-state index contributed by atoms with van der Waals surface area (Å²) in [4.78, 5) is 12.3. The second kappa shape index (κ2) is 7.19. The zero-order valence-corrected chi connectivity index (χ0v) is 15.7. The first-order valence-electron chi connectivity index (χ1n) is 8.85. The SMILES string of the molecule is Cc1nnc(SCC(=O)NC(C)c2ccc3c(c2)OCCO3)n1C1CC1. The maximum absolute atomic E-state index is 12.3. The molecule has 2 aliphatic rings. The zero-order chi connectivity index (χ0) is 18.1. The van der Waals surface area contributed by atoms with E-state index in [1.54, 1.807) is 0 Å². The molecular formula is C18H22N4O3S. The van der Waals surface area contributed by atoms with Crippen LogP contribution in [0.5, 0.6) is 11.5 Å². The summed E-state index contributed by atoms with van der Waals surface area (Å²) in [5, 5.41) is 12.2. The van der Waals surface area contributed by atoms with Crippen molar-refractivity contribution in [3.05, 3.63) is 29.6 Å². The van der Waals surface area contributed by atoms with Gasteiger partial charge in [0.05, 0.1) is 11.8 Å². The molecule has 2 heterocycles. The average Bonchev–Trinajstić information content (AvgIpc) is 3.42. The van der Waals surface area contributed by atoms with Crippen molar-refractivity contribution in [2.45, 2.75) is 43.9 Å². The first-order valence-corrected chi connectivity index (χ1v) is 9.83. The van der Waals surface area contributed by atoms with Crippen molar-refractivity contribution in [1.29, 1.82) is 0 Å². The summed E-state index contributed by atoms with van der Waals surface area (Å²) in [6, 6.07) is 6.18. The summed E-state index contributed by atoms with van der Waals surface area (Å²) in [6.45, 7) is 5.04. The van der Waals surface area contributed by atoms with Crippen molar-refractivity contribution >= 4 is 17.7 Å². The Labute approximate surface area is 156 Å². The fraction of sp³-hybridized carbons (Fsp3) is 0.500. The molecular weight excluding hydrogens is 352 g/mol. The Morgan fingerprint density at radius 1 is 1.31 bits per heavy atom. The quantitative estimate of drug-likeness (QED) is 0.783. The van der Waals surface area contributed by atoms with Gasteiger partial charge in [0, 0.05) is 6.04 Å². The smallest absolute Gasteiger partial charge is 0.230 e. The lowest BCUT2D eigenvalue weighted by molar-refractivity contribution is -0.119. The molecule has 0 spiro atoms. The molecule has 0 saturated heterocycles. The topological polar surface area (TPSA) is 78.3 Å². The molecule has 1 amide bonds. The van der Waals surface area contributed by atoms with Gasteiger partial charge in [0.15, 0.2) is 16.7 Å². The van der Waals surface area contributed by atoms with Crippen molar-refractivity contribution in [1.82, 2.24) is 20.1 Å². The highest BCUT2D eigenvalue weighted by molar-refractivity contribution is 7.99. The van der Waals surface area contributed by atoms with E-state index in [1.807, 2.05) is 32.0 Å². The lowest BCUT2D eigenvalue weighted by atomic mass is 10.1. The Morgan fingerprint density at radius 3 is 2.85 bits per heavy atom. The predicted octanol–water partition coefficient (Wildman–Crippen LogP) is 2.66. The molecule has 0 bridgehead atoms. The van der Waals surface area contributed by atoms with E-state index in [0.29, 0.717) is 25.0 Å². The van der Waals surface area contributed by atoms with E-state index in [0.717, 1.165) is 28.0 Å². The highest BCUT2D eigenvalue weighted by Gasteiger charge is 2.28. The molecule has 1 fully saturated rings. The highest BCUT2D eigenvalue weighted by Crippen LogP contribution is 2.38. The van der Waals surface area contributed by atoms with Gasteiger partial charge in [-0.2, -0.15) is 0 Å². The normalized spacial score (nSPS) is 17.0. The minimum Gasteiger partial charge on any atom is -0.486 e. The minimum atomic E-state index is -0.109. The fourth-order valence-corrected chi connectivity index (χ4v) is 3.89. The number of aromatic nitrogens is 3. The molecule has 1 unspecified atom stereocenters. The number of benzene rings is 1. The third-order valence-corrected chi connectivity index (χ3v) is 5.47. The number of fused-ring (bicyclic) bond motifs is 1. The number of nitrogens with one attached hydrogen (secondary N) is 1. The van der Waals surface area contributed by atoms with E-state index in [1.165, 1.54) is 24.6 Å². The summed E-state index contributed by atoms with van der Waals surface area (Å²) in [7, 11) is 0. The summed E-state index contributed by atoms with van der Waals surface area (Å²) < 4.78 is 13.3. The van der Waals surface area contributed by atoms with Crippen LogP contribution in [0.15, 0.2) is 23.4 Å². The Kier molecular flexibility index (Phi) is 4.76. The van der Waals surface area contributed by atoms with E-state index >= 15 is 0 Å². The van der Waals surface area contributed by atoms with Crippen LogP contribution in [0.4, 0.5) is 0 Å². The van der Waals surface area contributed by atoms with Crippen molar-refractivity contribution in [3.8, 4) is 11.5 Å². The van der Waals surface area contributed by atoms with Crippen LogP contribution in [0.3, 0.4) is 0 Å². The second-order valence-corrected chi connectivity index (χ2v) is 7.55. The monoisotopic (exact) mass is 374 g/mol. The molecule has 2 aromatic rings. The van der Waals surface area contributed by atoms with E-state index in [9.17, 15) is 4.79 Å². The van der Waals surface area contributed by atoms with Crippen LogP contribution in [0.1, 0.15) is 43.2 Å². The lowest BCUT2D eigenvalue weighted by Crippen LogP contribution is -2.28. The Hall–Kier alpha value is -2.22. The fourth-order valence-electron chi connectivity index (χ4n) is 3.03. The second-order valence-electron chi connectivity index (χ2n) is 6.61. The third-order valence-electron chi connectivity index (χ3n) is 4.52. The molecule has 1 aliphatic heterocycles. The minimum absolute atomic E-state index is 0.0274. The predicted molar refractivity (Wildman–Crippen MR) is 97.7 cm³/mol. The van der Waals surface area contributed by atoms with Crippen molar-refractivity contribution in [2.75, 3.05) is 19.0 Å².